The molecular formula is C12H23N5O. The molecule has 0 radical (unpaired) electrons. The van der Waals surface area contributed by atoms with E-state index in [9.17, 15) is 4.79 Å². The summed E-state index contributed by atoms with van der Waals surface area (Å²) in [5.74, 6) is 0.565. The van der Waals surface area contributed by atoms with Crippen molar-refractivity contribution < 1.29 is 4.79 Å². The first-order valence-corrected chi connectivity index (χ1v) is 6.27. The number of carbonyl (C=O) groups excluding carboxylic acids is 1. The fourth-order valence-electron chi connectivity index (χ4n) is 2.12. The lowest BCUT2D eigenvalue weighted by molar-refractivity contribution is -0.116. The maximum absolute atomic E-state index is 11.2. The van der Waals surface area contributed by atoms with Crippen molar-refractivity contribution >= 4 is 11.7 Å². The molecule has 6 heteroatoms. The van der Waals surface area contributed by atoms with Crippen LogP contribution in [-0.4, -0.2) is 28.8 Å². The Kier molecular flexibility index (Phi) is 5.15. The summed E-state index contributed by atoms with van der Waals surface area (Å²) in [4.78, 5) is 13.1. The summed E-state index contributed by atoms with van der Waals surface area (Å²) >= 11 is 0. The van der Waals surface area contributed by atoms with E-state index < -0.39 is 0 Å². The van der Waals surface area contributed by atoms with Crippen LogP contribution in [0.5, 0.6) is 0 Å². The number of nitrogens with two attached hydrogens (primary N) is 2. The molecule has 1 heterocycles. The van der Waals surface area contributed by atoms with Crippen LogP contribution in [0.3, 0.4) is 0 Å². The Labute approximate surface area is 108 Å². The molecule has 0 aliphatic carbocycles. The van der Waals surface area contributed by atoms with Crippen LogP contribution in [0.4, 0.5) is 5.82 Å². The predicted octanol–water partition coefficient (Wildman–Crippen LogP) is 0.279. The molecule has 0 aliphatic heterocycles. The molecule has 0 aromatic carbocycles. The van der Waals surface area contributed by atoms with E-state index in [4.69, 9.17) is 11.5 Å². The fourth-order valence-corrected chi connectivity index (χ4v) is 2.12. The Morgan fingerprint density at radius 2 is 2.17 bits per heavy atom. The number of rotatable bonds is 7. The highest BCUT2D eigenvalue weighted by atomic mass is 16.1. The van der Waals surface area contributed by atoms with E-state index >= 15 is 0 Å². The smallest absolute Gasteiger partial charge is 0.236 e. The van der Waals surface area contributed by atoms with Crippen LogP contribution < -0.4 is 16.4 Å². The van der Waals surface area contributed by atoms with E-state index in [0.717, 1.165) is 36.5 Å². The summed E-state index contributed by atoms with van der Waals surface area (Å²) in [5, 5.41) is 4.36. The van der Waals surface area contributed by atoms with Crippen LogP contribution in [-0.2, 0) is 18.4 Å². The molecule has 0 saturated carbocycles. The Balaban J connectivity index is 3.06. The third-order valence-electron chi connectivity index (χ3n) is 2.95. The highest BCUT2D eigenvalue weighted by Gasteiger charge is 2.19. The minimum Gasteiger partial charge on any atom is -0.368 e. The third kappa shape index (κ3) is 3.22. The molecule has 0 bridgehead atoms. The SMILES string of the molecule is CCCCN(CC(N)=O)c1c(CN)c(C)nn1C. The average molecular weight is 253 g/mol. The molecule has 102 valence electrons. The highest BCUT2D eigenvalue weighted by molar-refractivity contribution is 5.79. The van der Waals surface area contributed by atoms with E-state index in [2.05, 4.69) is 12.0 Å². The molecule has 0 atom stereocenters. The number of amides is 1. The molecule has 1 aromatic rings. The number of hydrogen-bond donors (Lipinski definition) is 2. The number of unbranched alkanes of at least 4 members (excludes halogenated alkanes) is 1. The molecule has 4 N–H and O–H groups in total. The molecular weight excluding hydrogens is 230 g/mol. The molecule has 0 fully saturated rings. The summed E-state index contributed by atoms with van der Waals surface area (Å²) in [7, 11) is 1.86. The van der Waals surface area contributed by atoms with Gasteiger partial charge in [-0.3, -0.25) is 9.48 Å². The van der Waals surface area contributed by atoms with Crippen molar-refractivity contribution in [3.8, 4) is 0 Å². The number of anilines is 1. The molecule has 6 nitrogen and oxygen atoms in total. The largest absolute Gasteiger partial charge is 0.368 e. The zero-order chi connectivity index (χ0) is 13.7. The first-order chi connectivity index (χ1) is 8.51. The van der Waals surface area contributed by atoms with Crippen molar-refractivity contribution in [3.05, 3.63) is 11.3 Å². The van der Waals surface area contributed by atoms with Gasteiger partial charge in [-0.05, 0) is 13.3 Å². The van der Waals surface area contributed by atoms with Gasteiger partial charge in [0, 0.05) is 25.7 Å². The molecule has 1 aromatic heterocycles. The van der Waals surface area contributed by atoms with Gasteiger partial charge in [0.2, 0.25) is 5.91 Å². The predicted molar refractivity (Wildman–Crippen MR) is 72.2 cm³/mol. The summed E-state index contributed by atoms with van der Waals surface area (Å²) in [5.41, 5.74) is 13.0. The standard InChI is InChI=1S/C12H23N5O/c1-4-5-6-17(8-11(14)18)12-10(7-13)9(2)15-16(12)3/h4-8,13H2,1-3H3,(H2,14,18). The number of hydrogen-bond acceptors (Lipinski definition) is 4. The summed E-state index contributed by atoms with van der Waals surface area (Å²) < 4.78 is 1.77. The zero-order valence-electron chi connectivity index (χ0n) is 11.4. The van der Waals surface area contributed by atoms with Crippen LogP contribution >= 0.6 is 0 Å². The molecule has 0 unspecified atom stereocenters. The maximum atomic E-state index is 11.2. The molecule has 0 spiro atoms. The van der Waals surface area contributed by atoms with Gasteiger partial charge >= 0.3 is 0 Å². The lowest BCUT2D eigenvalue weighted by Crippen LogP contribution is -2.36. The fraction of sp³-hybridized carbons (Fsp3) is 0.667. The van der Waals surface area contributed by atoms with Gasteiger partial charge in [-0.2, -0.15) is 5.10 Å². The maximum Gasteiger partial charge on any atom is 0.236 e. The van der Waals surface area contributed by atoms with Gasteiger partial charge in [0.1, 0.15) is 5.82 Å². The van der Waals surface area contributed by atoms with Gasteiger partial charge in [0.25, 0.3) is 0 Å². The molecule has 1 rings (SSSR count). The van der Waals surface area contributed by atoms with Crippen molar-refractivity contribution in [2.75, 3.05) is 18.0 Å². The van der Waals surface area contributed by atoms with Gasteiger partial charge in [-0.25, -0.2) is 0 Å². The molecule has 18 heavy (non-hydrogen) atoms. The summed E-state index contributed by atoms with van der Waals surface area (Å²) in [6.45, 7) is 5.43. The summed E-state index contributed by atoms with van der Waals surface area (Å²) in [6, 6.07) is 0. The monoisotopic (exact) mass is 253 g/mol. The number of aromatic nitrogens is 2. The van der Waals surface area contributed by atoms with E-state index in [0.29, 0.717) is 6.54 Å². The number of aryl methyl sites for hydroxylation is 2. The quantitative estimate of drug-likeness (QED) is 0.730. The normalized spacial score (nSPS) is 10.7. The lowest BCUT2D eigenvalue weighted by atomic mass is 10.2. The second kappa shape index (κ2) is 6.39. The lowest BCUT2D eigenvalue weighted by Gasteiger charge is -2.24. The van der Waals surface area contributed by atoms with Crippen LogP contribution in [0, 0.1) is 6.92 Å². The Bertz CT molecular complexity index is 413. The van der Waals surface area contributed by atoms with Gasteiger partial charge in [0.05, 0.1) is 12.2 Å². The van der Waals surface area contributed by atoms with Crippen LogP contribution in [0.25, 0.3) is 0 Å². The van der Waals surface area contributed by atoms with Crippen molar-refractivity contribution in [1.29, 1.82) is 0 Å². The first kappa shape index (κ1) is 14.5. The van der Waals surface area contributed by atoms with Gasteiger partial charge < -0.3 is 16.4 Å². The topological polar surface area (TPSA) is 90.2 Å². The summed E-state index contributed by atoms with van der Waals surface area (Å²) in [6.07, 6.45) is 2.06. The molecule has 1 amide bonds. The van der Waals surface area contributed by atoms with Gasteiger partial charge in [-0.15, -0.1) is 0 Å². The zero-order valence-corrected chi connectivity index (χ0v) is 11.4. The van der Waals surface area contributed by atoms with Gasteiger partial charge in [-0.1, -0.05) is 13.3 Å². The van der Waals surface area contributed by atoms with Crippen LogP contribution in [0.2, 0.25) is 0 Å². The molecule has 0 aliphatic rings. The number of carbonyl (C=O) groups is 1. The number of nitrogens with zero attached hydrogens (tertiary/aromatic N) is 3. The highest BCUT2D eigenvalue weighted by Crippen LogP contribution is 2.22. The van der Waals surface area contributed by atoms with Crippen LogP contribution in [0.15, 0.2) is 0 Å². The average Bonchev–Trinajstić information content (AvgIpc) is 2.58. The Morgan fingerprint density at radius 1 is 1.50 bits per heavy atom. The van der Waals surface area contributed by atoms with E-state index in [1.54, 1.807) is 4.68 Å². The molecule has 0 saturated heterocycles. The van der Waals surface area contributed by atoms with Crippen molar-refractivity contribution in [3.63, 3.8) is 0 Å². The first-order valence-electron chi connectivity index (χ1n) is 6.27. The third-order valence-corrected chi connectivity index (χ3v) is 2.95. The van der Waals surface area contributed by atoms with Gasteiger partial charge in [0.15, 0.2) is 0 Å². The van der Waals surface area contributed by atoms with Crippen molar-refractivity contribution in [1.82, 2.24) is 9.78 Å². The second-order valence-electron chi connectivity index (χ2n) is 4.46. The van der Waals surface area contributed by atoms with Crippen molar-refractivity contribution in [2.24, 2.45) is 18.5 Å². The number of primary amides is 1. The second-order valence-corrected chi connectivity index (χ2v) is 4.46. The van der Waals surface area contributed by atoms with E-state index in [-0.39, 0.29) is 12.5 Å². The van der Waals surface area contributed by atoms with Crippen molar-refractivity contribution in [2.45, 2.75) is 33.2 Å². The Hall–Kier alpha value is -1.56. The van der Waals surface area contributed by atoms with E-state index in [1.807, 2.05) is 18.9 Å². The Morgan fingerprint density at radius 3 is 2.67 bits per heavy atom. The van der Waals surface area contributed by atoms with Crippen LogP contribution in [0.1, 0.15) is 31.0 Å². The minimum absolute atomic E-state index is 0.200. The minimum atomic E-state index is -0.340. The van der Waals surface area contributed by atoms with E-state index in [1.165, 1.54) is 0 Å².